The molecule has 0 saturated heterocycles. The molecule has 1 N–H and O–H groups in total. The number of nitro benzene ring substituents is 1. The standard InChI is InChI=1S/C19H18N6O5/c1-11-8-12(2)21-19(20-11)24-16(9-13(3)23-24)22-17(26)10-30-18(27)14-6-4-5-7-15(14)25(28)29/h4-9H,10H2,1-3H3,(H,22,26). The van der Waals surface area contributed by atoms with Gasteiger partial charge in [0.25, 0.3) is 17.5 Å². The Kier molecular flexibility index (Phi) is 5.81. The molecular weight excluding hydrogens is 392 g/mol. The number of aryl methyl sites for hydroxylation is 3. The number of para-hydroxylation sites is 1. The molecule has 154 valence electrons. The average molecular weight is 410 g/mol. The van der Waals surface area contributed by atoms with Gasteiger partial charge in [0, 0.05) is 23.5 Å². The molecule has 0 aliphatic heterocycles. The van der Waals surface area contributed by atoms with Crippen LogP contribution in [-0.2, 0) is 9.53 Å². The molecule has 3 rings (SSSR count). The molecule has 0 radical (unpaired) electrons. The van der Waals surface area contributed by atoms with E-state index in [0.29, 0.717) is 11.5 Å². The molecule has 0 saturated carbocycles. The molecule has 0 unspecified atom stereocenters. The number of hydrogen-bond donors (Lipinski definition) is 1. The van der Waals surface area contributed by atoms with Crippen molar-refractivity contribution in [2.75, 3.05) is 11.9 Å². The molecule has 0 aliphatic rings. The van der Waals surface area contributed by atoms with E-state index in [1.807, 2.05) is 13.8 Å². The number of anilines is 1. The van der Waals surface area contributed by atoms with Crippen molar-refractivity contribution in [2.45, 2.75) is 20.8 Å². The molecule has 1 aromatic carbocycles. The highest BCUT2D eigenvalue weighted by atomic mass is 16.6. The summed E-state index contributed by atoms with van der Waals surface area (Å²) >= 11 is 0. The van der Waals surface area contributed by atoms with Crippen LogP contribution in [0.15, 0.2) is 36.4 Å². The number of benzene rings is 1. The van der Waals surface area contributed by atoms with E-state index in [2.05, 4.69) is 20.4 Å². The topological polar surface area (TPSA) is 142 Å². The largest absolute Gasteiger partial charge is 0.452 e. The SMILES string of the molecule is Cc1cc(C)nc(-n2nc(C)cc2NC(=O)COC(=O)c2ccccc2[N+](=O)[O-])n1. The maximum absolute atomic E-state index is 12.3. The van der Waals surface area contributed by atoms with Gasteiger partial charge in [0.1, 0.15) is 11.4 Å². The van der Waals surface area contributed by atoms with Gasteiger partial charge >= 0.3 is 5.97 Å². The molecule has 11 nitrogen and oxygen atoms in total. The van der Waals surface area contributed by atoms with Crippen molar-refractivity contribution >= 4 is 23.4 Å². The number of carbonyl (C=O) groups is 2. The number of amides is 1. The van der Waals surface area contributed by atoms with Gasteiger partial charge in [-0.25, -0.2) is 14.8 Å². The lowest BCUT2D eigenvalue weighted by molar-refractivity contribution is -0.385. The quantitative estimate of drug-likeness (QED) is 0.370. The van der Waals surface area contributed by atoms with Gasteiger partial charge in [-0.1, -0.05) is 12.1 Å². The summed E-state index contributed by atoms with van der Waals surface area (Å²) in [5, 5.41) is 17.9. The van der Waals surface area contributed by atoms with Gasteiger partial charge < -0.3 is 10.1 Å². The summed E-state index contributed by atoms with van der Waals surface area (Å²) in [7, 11) is 0. The number of carbonyl (C=O) groups excluding carboxylic acids is 2. The Morgan fingerprint density at radius 3 is 2.43 bits per heavy atom. The first-order valence-electron chi connectivity index (χ1n) is 8.84. The zero-order valence-electron chi connectivity index (χ0n) is 16.4. The Morgan fingerprint density at radius 2 is 1.77 bits per heavy atom. The van der Waals surface area contributed by atoms with E-state index in [1.54, 1.807) is 19.1 Å². The van der Waals surface area contributed by atoms with Gasteiger partial charge in [0.05, 0.1) is 10.6 Å². The molecule has 2 aromatic heterocycles. The van der Waals surface area contributed by atoms with Gasteiger partial charge in [0.15, 0.2) is 6.61 Å². The highest BCUT2D eigenvalue weighted by Crippen LogP contribution is 2.19. The number of nitro groups is 1. The van der Waals surface area contributed by atoms with Crippen molar-refractivity contribution in [1.29, 1.82) is 0 Å². The van der Waals surface area contributed by atoms with Gasteiger partial charge in [-0.15, -0.1) is 0 Å². The summed E-state index contributed by atoms with van der Waals surface area (Å²) in [6, 6.07) is 8.76. The number of nitrogens with one attached hydrogen (secondary N) is 1. The summed E-state index contributed by atoms with van der Waals surface area (Å²) in [6.45, 7) is 4.73. The summed E-state index contributed by atoms with van der Waals surface area (Å²) < 4.78 is 6.30. The first-order valence-corrected chi connectivity index (χ1v) is 8.84. The third kappa shape index (κ3) is 4.63. The monoisotopic (exact) mass is 410 g/mol. The van der Waals surface area contributed by atoms with Crippen LogP contribution in [-0.4, -0.2) is 43.2 Å². The molecule has 30 heavy (non-hydrogen) atoms. The van der Waals surface area contributed by atoms with Gasteiger partial charge in [-0.3, -0.25) is 14.9 Å². The van der Waals surface area contributed by atoms with E-state index >= 15 is 0 Å². The second kappa shape index (κ2) is 8.47. The predicted molar refractivity (Wildman–Crippen MR) is 105 cm³/mol. The molecule has 11 heteroatoms. The van der Waals surface area contributed by atoms with Gasteiger partial charge in [0.2, 0.25) is 0 Å². The number of aromatic nitrogens is 4. The first-order chi connectivity index (χ1) is 14.2. The maximum atomic E-state index is 12.3. The average Bonchev–Trinajstić information content (AvgIpc) is 3.05. The van der Waals surface area contributed by atoms with Crippen LogP contribution in [0, 0.1) is 30.9 Å². The summed E-state index contributed by atoms with van der Waals surface area (Å²) in [4.78, 5) is 43.4. The van der Waals surface area contributed by atoms with E-state index in [4.69, 9.17) is 4.74 Å². The van der Waals surface area contributed by atoms with Crippen molar-refractivity contribution < 1.29 is 19.2 Å². The number of nitrogens with zero attached hydrogens (tertiary/aromatic N) is 5. The Morgan fingerprint density at radius 1 is 1.10 bits per heavy atom. The minimum atomic E-state index is -0.972. The second-order valence-corrected chi connectivity index (χ2v) is 6.43. The third-order valence-electron chi connectivity index (χ3n) is 3.91. The first kappa shape index (κ1) is 20.6. The smallest absolute Gasteiger partial charge is 0.345 e. The highest BCUT2D eigenvalue weighted by Gasteiger charge is 2.22. The number of esters is 1. The van der Waals surface area contributed by atoms with Crippen molar-refractivity contribution in [1.82, 2.24) is 19.7 Å². The molecule has 0 spiro atoms. The summed E-state index contributed by atoms with van der Waals surface area (Å²) in [5.41, 5.74) is 1.45. The Hall–Kier alpha value is -4.15. The normalized spacial score (nSPS) is 10.5. The molecule has 3 aromatic rings. The van der Waals surface area contributed by atoms with Crippen LogP contribution >= 0.6 is 0 Å². The fourth-order valence-corrected chi connectivity index (χ4v) is 2.74. The van der Waals surface area contributed by atoms with Crippen molar-refractivity contribution in [3.05, 3.63) is 69.2 Å². The Balaban J connectivity index is 1.72. The van der Waals surface area contributed by atoms with Crippen LogP contribution in [0.25, 0.3) is 5.95 Å². The summed E-state index contributed by atoms with van der Waals surface area (Å²) in [6.07, 6.45) is 0. The number of ether oxygens (including phenoxy) is 1. The summed E-state index contributed by atoms with van der Waals surface area (Å²) in [5.74, 6) is -1.04. The third-order valence-corrected chi connectivity index (χ3v) is 3.91. The van der Waals surface area contributed by atoms with Crippen LogP contribution < -0.4 is 5.32 Å². The zero-order valence-corrected chi connectivity index (χ0v) is 16.4. The molecule has 0 aliphatic carbocycles. The van der Waals surface area contributed by atoms with Crippen LogP contribution in [0.4, 0.5) is 11.5 Å². The van der Waals surface area contributed by atoms with E-state index < -0.39 is 29.1 Å². The Labute approximate surface area is 170 Å². The molecule has 0 bridgehead atoms. The van der Waals surface area contributed by atoms with E-state index in [-0.39, 0.29) is 11.5 Å². The molecular formula is C19H18N6O5. The lowest BCUT2D eigenvalue weighted by Crippen LogP contribution is -2.23. The number of rotatable bonds is 6. The zero-order chi connectivity index (χ0) is 21.8. The molecule has 0 fully saturated rings. The lowest BCUT2D eigenvalue weighted by atomic mass is 10.2. The lowest BCUT2D eigenvalue weighted by Gasteiger charge is -2.09. The van der Waals surface area contributed by atoms with Crippen LogP contribution in [0.5, 0.6) is 0 Å². The second-order valence-electron chi connectivity index (χ2n) is 6.43. The van der Waals surface area contributed by atoms with E-state index in [9.17, 15) is 19.7 Å². The molecule has 1 amide bonds. The number of hydrogen-bond acceptors (Lipinski definition) is 8. The van der Waals surface area contributed by atoms with Crippen LogP contribution in [0.2, 0.25) is 0 Å². The van der Waals surface area contributed by atoms with E-state index in [0.717, 1.165) is 11.4 Å². The maximum Gasteiger partial charge on any atom is 0.345 e. The fraction of sp³-hybridized carbons (Fsp3) is 0.211. The van der Waals surface area contributed by atoms with Gasteiger partial charge in [-0.2, -0.15) is 9.78 Å². The minimum Gasteiger partial charge on any atom is -0.452 e. The van der Waals surface area contributed by atoms with E-state index in [1.165, 1.54) is 28.9 Å². The molecule has 0 atom stereocenters. The van der Waals surface area contributed by atoms with Crippen LogP contribution in [0.3, 0.4) is 0 Å². The van der Waals surface area contributed by atoms with Crippen molar-refractivity contribution in [3.8, 4) is 5.95 Å². The van der Waals surface area contributed by atoms with Gasteiger partial charge in [-0.05, 0) is 32.9 Å². The predicted octanol–water partition coefficient (Wildman–Crippen LogP) is 2.29. The fourth-order valence-electron chi connectivity index (χ4n) is 2.74. The highest BCUT2D eigenvalue weighted by molar-refractivity contribution is 5.97. The van der Waals surface area contributed by atoms with Crippen LogP contribution in [0.1, 0.15) is 27.4 Å². The Bertz CT molecular complexity index is 1120. The van der Waals surface area contributed by atoms with Crippen molar-refractivity contribution in [2.24, 2.45) is 0 Å². The molecule has 2 heterocycles. The minimum absolute atomic E-state index is 0.236. The van der Waals surface area contributed by atoms with Crippen molar-refractivity contribution in [3.63, 3.8) is 0 Å².